The molecule has 0 aliphatic carbocycles. The number of nitrogens with zero attached hydrogens (tertiary/aromatic N) is 1. The fraction of sp³-hybridized carbons (Fsp3) is 0.350. The Morgan fingerprint density at radius 2 is 1.73 bits per heavy atom. The summed E-state index contributed by atoms with van der Waals surface area (Å²) in [7, 11) is 1.63. The molecular weight excluding hydrogens is 334 g/mol. The highest BCUT2D eigenvalue weighted by molar-refractivity contribution is 6.06. The first-order valence-corrected chi connectivity index (χ1v) is 8.71. The second-order valence-electron chi connectivity index (χ2n) is 6.16. The van der Waals surface area contributed by atoms with Gasteiger partial charge in [0.05, 0.1) is 32.6 Å². The zero-order chi connectivity index (χ0) is 18.0. The number of benzene rings is 2. The maximum Gasteiger partial charge on any atom is 0.292 e. The van der Waals surface area contributed by atoms with Gasteiger partial charge in [-0.3, -0.25) is 4.79 Å². The molecule has 2 aliphatic heterocycles. The quantitative estimate of drug-likeness (QED) is 0.746. The van der Waals surface area contributed by atoms with Gasteiger partial charge >= 0.3 is 0 Å². The van der Waals surface area contributed by atoms with Crippen molar-refractivity contribution in [3.8, 4) is 11.5 Å². The van der Waals surface area contributed by atoms with Crippen molar-refractivity contribution in [1.82, 2.24) is 0 Å². The number of fused-ring (bicyclic) bond motifs is 2. The highest BCUT2D eigenvalue weighted by Gasteiger charge is 2.55. The minimum Gasteiger partial charge on any atom is -0.497 e. The van der Waals surface area contributed by atoms with Gasteiger partial charge in [-0.25, -0.2) is 0 Å². The van der Waals surface area contributed by atoms with Gasteiger partial charge in [0.1, 0.15) is 11.5 Å². The molecule has 1 amide bonds. The molecule has 0 saturated carbocycles. The zero-order valence-electron chi connectivity index (χ0n) is 14.6. The van der Waals surface area contributed by atoms with Crippen molar-refractivity contribution in [2.45, 2.75) is 12.2 Å². The van der Waals surface area contributed by atoms with Crippen LogP contribution in [0.15, 0.2) is 48.5 Å². The minimum absolute atomic E-state index is 0.152. The predicted molar refractivity (Wildman–Crippen MR) is 95.5 cm³/mol. The van der Waals surface area contributed by atoms with E-state index < -0.39 is 5.79 Å². The number of hydrogen-bond acceptors (Lipinski definition) is 5. The number of para-hydroxylation sites is 1. The van der Waals surface area contributed by atoms with Crippen LogP contribution in [0.5, 0.6) is 11.5 Å². The molecule has 136 valence electrons. The average molecular weight is 355 g/mol. The van der Waals surface area contributed by atoms with Crippen LogP contribution in [0.1, 0.15) is 12.0 Å². The molecule has 0 atom stereocenters. The van der Waals surface area contributed by atoms with Crippen LogP contribution in [0.25, 0.3) is 0 Å². The number of carbonyl (C=O) groups is 1. The first kappa shape index (κ1) is 16.9. The molecule has 0 N–H and O–H groups in total. The second kappa shape index (κ2) is 6.97. The Kier molecular flexibility index (Phi) is 4.53. The molecule has 4 rings (SSSR count). The highest BCUT2D eigenvalue weighted by Crippen LogP contribution is 2.45. The SMILES string of the molecule is COc1ccc(OCCCN2C(=O)C3(OCCO3)c3ccccc32)cc1. The molecule has 2 aromatic rings. The van der Waals surface area contributed by atoms with E-state index in [1.807, 2.05) is 48.5 Å². The van der Waals surface area contributed by atoms with Crippen LogP contribution in [0.2, 0.25) is 0 Å². The van der Waals surface area contributed by atoms with E-state index in [9.17, 15) is 4.79 Å². The van der Waals surface area contributed by atoms with Gasteiger partial charge in [-0.15, -0.1) is 0 Å². The van der Waals surface area contributed by atoms with Crippen LogP contribution in [0.3, 0.4) is 0 Å². The number of hydrogen-bond donors (Lipinski definition) is 0. The molecule has 0 aromatic heterocycles. The number of ether oxygens (including phenoxy) is 4. The van der Waals surface area contributed by atoms with E-state index in [-0.39, 0.29) is 5.91 Å². The molecular formula is C20H21NO5. The summed E-state index contributed by atoms with van der Waals surface area (Å²) < 4.78 is 22.3. The van der Waals surface area contributed by atoms with Gasteiger partial charge in [-0.2, -0.15) is 0 Å². The number of methoxy groups -OCH3 is 1. The number of rotatable bonds is 6. The Balaban J connectivity index is 1.39. The fourth-order valence-corrected chi connectivity index (χ4v) is 3.39. The largest absolute Gasteiger partial charge is 0.497 e. The Labute approximate surface area is 152 Å². The smallest absolute Gasteiger partial charge is 0.292 e. The zero-order valence-corrected chi connectivity index (χ0v) is 14.6. The van der Waals surface area contributed by atoms with E-state index in [2.05, 4.69) is 0 Å². The van der Waals surface area contributed by atoms with Crippen molar-refractivity contribution in [1.29, 1.82) is 0 Å². The van der Waals surface area contributed by atoms with Crippen molar-refractivity contribution in [3.63, 3.8) is 0 Å². The first-order valence-electron chi connectivity index (χ1n) is 8.71. The summed E-state index contributed by atoms with van der Waals surface area (Å²) in [6.45, 7) is 1.90. The Morgan fingerprint density at radius 3 is 2.46 bits per heavy atom. The molecule has 1 spiro atoms. The van der Waals surface area contributed by atoms with Gasteiger partial charge in [0.25, 0.3) is 11.7 Å². The second-order valence-corrected chi connectivity index (χ2v) is 6.16. The van der Waals surface area contributed by atoms with E-state index >= 15 is 0 Å². The lowest BCUT2D eigenvalue weighted by Gasteiger charge is -2.22. The van der Waals surface area contributed by atoms with Crippen molar-refractivity contribution < 1.29 is 23.7 Å². The number of amides is 1. The van der Waals surface area contributed by atoms with E-state index in [4.69, 9.17) is 18.9 Å². The molecule has 1 saturated heterocycles. The van der Waals surface area contributed by atoms with E-state index in [0.29, 0.717) is 32.8 Å². The molecule has 0 bridgehead atoms. The molecule has 0 radical (unpaired) electrons. The normalized spacial score (nSPS) is 17.6. The van der Waals surface area contributed by atoms with Gasteiger partial charge in [0.2, 0.25) is 0 Å². The monoisotopic (exact) mass is 355 g/mol. The maximum absolute atomic E-state index is 12.9. The summed E-state index contributed by atoms with van der Waals surface area (Å²) in [5.41, 5.74) is 1.64. The van der Waals surface area contributed by atoms with Crippen LogP contribution in [0.4, 0.5) is 5.69 Å². The van der Waals surface area contributed by atoms with Crippen molar-refractivity contribution in [2.24, 2.45) is 0 Å². The molecule has 6 nitrogen and oxygen atoms in total. The van der Waals surface area contributed by atoms with Gasteiger partial charge in [-0.05, 0) is 36.8 Å². The third kappa shape index (κ3) is 2.81. The van der Waals surface area contributed by atoms with E-state index in [1.54, 1.807) is 12.0 Å². The van der Waals surface area contributed by atoms with Crippen molar-refractivity contribution in [2.75, 3.05) is 38.4 Å². The Bertz CT molecular complexity index is 783. The van der Waals surface area contributed by atoms with E-state index in [0.717, 1.165) is 22.7 Å². The third-order valence-corrected chi connectivity index (χ3v) is 4.62. The summed E-state index contributed by atoms with van der Waals surface area (Å²) in [6.07, 6.45) is 0.697. The van der Waals surface area contributed by atoms with Gasteiger partial charge in [0.15, 0.2) is 0 Å². The highest BCUT2D eigenvalue weighted by atomic mass is 16.7. The lowest BCUT2D eigenvalue weighted by atomic mass is 10.1. The summed E-state index contributed by atoms with van der Waals surface area (Å²) in [6, 6.07) is 15.1. The maximum atomic E-state index is 12.9. The van der Waals surface area contributed by atoms with Gasteiger partial charge < -0.3 is 23.8 Å². The molecule has 1 fully saturated rings. The molecule has 0 unspecified atom stereocenters. The summed E-state index contributed by atoms with van der Waals surface area (Å²) >= 11 is 0. The van der Waals surface area contributed by atoms with Crippen LogP contribution in [-0.2, 0) is 20.1 Å². The predicted octanol–water partition coefficient (Wildman–Crippen LogP) is 2.71. The summed E-state index contributed by atoms with van der Waals surface area (Å²) in [4.78, 5) is 14.7. The van der Waals surface area contributed by atoms with E-state index in [1.165, 1.54) is 0 Å². The standard InChI is InChI=1S/C20H21NO5/c1-23-15-7-9-16(10-8-15)24-12-4-11-21-18-6-3-2-5-17(18)20(19(21)22)25-13-14-26-20/h2-3,5-10H,4,11-14H2,1H3. The molecule has 6 heteroatoms. The van der Waals surface area contributed by atoms with Crippen LogP contribution in [-0.4, -0.2) is 39.4 Å². The summed E-state index contributed by atoms with van der Waals surface area (Å²) in [5.74, 6) is 0.157. The van der Waals surface area contributed by atoms with Crippen molar-refractivity contribution >= 4 is 11.6 Å². The molecule has 26 heavy (non-hydrogen) atoms. The Hall–Kier alpha value is -2.57. The van der Waals surface area contributed by atoms with Gasteiger partial charge in [-0.1, -0.05) is 18.2 Å². The lowest BCUT2D eigenvalue weighted by Crippen LogP contribution is -2.41. The Morgan fingerprint density at radius 1 is 1.04 bits per heavy atom. The lowest BCUT2D eigenvalue weighted by molar-refractivity contribution is -0.180. The van der Waals surface area contributed by atoms with Gasteiger partial charge in [0, 0.05) is 12.1 Å². The fourth-order valence-electron chi connectivity index (χ4n) is 3.39. The average Bonchev–Trinajstić information content (AvgIpc) is 3.26. The number of carbonyl (C=O) groups excluding carboxylic acids is 1. The molecule has 2 aliphatic rings. The molecule has 2 heterocycles. The minimum atomic E-state index is -1.26. The summed E-state index contributed by atoms with van der Waals surface area (Å²) in [5, 5.41) is 0. The van der Waals surface area contributed by atoms with Crippen molar-refractivity contribution in [3.05, 3.63) is 54.1 Å². The van der Waals surface area contributed by atoms with Crippen LogP contribution in [0, 0.1) is 0 Å². The molecule has 2 aromatic carbocycles. The topological polar surface area (TPSA) is 57.2 Å². The van der Waals surface area contributed by atoms with Crippen LogP contribution < -0.4 is 14.4 Å². The number of anilines is 1. The van der Waals surface area contributed by atoms with Crippen LogP contribution >= 0.6 is 0 Å². The third-order valence-electron chi connectivity index (χ3n) is 4.62. The first-order chi connectivity index (χ1) is 12.7.